The third-order valence-electron chi connectivity index (χ3n) is 4.01. The molecule has 0 aliphatic heterocycles. The Morgan fingerprint density at radius 1 is 1.22 bits per heavy atom. The lowest BCUT2D eigenvalue weighted by molar-refractivity contribution is 0.0954. The summed E-state index contributed by atoms with van der Waals surface area (Å²) in [5, 5.41) is 13.6. The van der Waals surface area contributed by atoms with Crippen LogP contribution in [0.2, 0.25) is 0 Å². The molecule has 0 fully saturated rings. The predicted octanol–water partition coefficient (Wildman–Crippen LogP) is 2.85. The Bertz CT molecular complexity index is 731. The van der Waals surface area contributed by atoms with Gasteiger partial charge in [-0.3, -0.25) is 9.79 Å². The number of thiophene rings is 1. The van der Waals surface area contributed by atoms with Crippen LogP contribution in [0.25, 0.3) is 0 Å². The van der Waals surface area contributed by atoms with Gasteiger partial charge in [0.2, 0.25) is 0 Å². The number of guanidine groups is 1. The second-order valence-corrected chi connectivity index (χ2v) is 6.87. The molecular weight excluding hydrogens is 360 g/mol. The lowest BCUT2D eigenvalue weighted by Crippen LogP contribution is -2.41. The van der Waals surface area contributed by atoms with Crippen LogP contribution >= 0.6 is 11.3 Å². The molecule has 6 nitrogen and oxygen atoms in total. The molecule has 0 saturated heterocycles. The Labute approximate surface area is 165 Å². The topological polar surface area (TPSA) is 74.8 Å². The van der Waals surface area contributed by atoms with E-state index in [4.69, 9.17) is 4.74 Å². The maximum atomic E-state index is 12.2. The summed E-state index contributed by atoms with van der Waals surface area (Å²) in [6.07, 6.45) is 0. The van der Waals surface area contributed by atoms with Crippen molar-refractivity contribution in [3.63, 3.8) is 0 Å². The van der Waals surface area contributed by atoms with Crippen LogP contribution in [0, 0.1) is 0 Å². The van der Waals surface area contributed by atoms with E-state index in [-0.39, 0.29) is 5.91 Å². The molecule has 1 aromatic carbocycles. The molecule has 0 bridgehead atoms. The SMILES string of the molecule is CCNC(=NCC(C)c1ccsc1)NCCNC(=O)c1cccc(OC)c1. The van der Waals surface area contributed by atoms with Crippen LogP contribution in [-0.4, -0.2) is 45.2 Å². The number of nitrogens with zero attached hydrogens (tertiary/aromatic N) is 1. The van der Waals surface area contributed by atoms with Crippen molar-refractivity contribution in [2.24, 2.45) is 4.99 Å². The first-order valence-electron chi connectivity index (χ1n) is 9.10. The van der Waals surface area contributed by atoms with Crippen LogP contribution in [0.4, 0.5) is 0 Å². The molecule has 146 valence electrons. The first kappa shape index (κ1) is 20.8. The Morgan fingerprint density at radius 3 is 2.74 bits per heavy atom. The number of aliphatic imine (C=N–C) groups is 1. The van der Waals surface area contributed by atoms with E-state index in [1.807, 2.05) is 13.0 Å². The Balaban J connectivity index is 1.78. The molecule has 0 aliphatic rings. The third kappa shape index (κ3) is 6.94. The van der Waals surface area contributed by atoms with Crippen molar-refractivity contribution < 1.29 is 9.53 Å². The van der Waals surface area contributed by atoms with Crippen molar-refractivity contribution in [3.05, 3.63) is 52.2 Å². The van der Waals surface area contributed by atoms with Crippen LogP contribution in [-0.2, 0) is 0 Å². The fourth-order valence-electron chi connectivity index (χ4n) is 2.45. The average Bonchev–Trinajstić information content (AvgIpc) is 3.23. The summed E-state index contributed by atoms with van der Waals surface area (Å²) in [6.45, 7) is 6.79. The number of hydrogen-bond donors (Lipinski definition) is 3. The Kier molecular flexibility index (Phi) is 8.64. The predicted molar refractivity (Wildman–Crippen MR) is 112 cm³/mol. The number of benzene rings is 1. The molecule has 0 saturated carbocycles. The Hall–Kier alpha value is -2.54. The van der Waals surface area contributed by atoms with E-state index in [9.17, 15) is 4.79 Å². The highest BCUT2D eigenvalue weighted by molar-refractivity contribution is 7.07. The highest BCUT2D eigenvalue weighted by atomic mass is 32.1. The van der Waals surface area contributed by atoms with Gasteiger partial charge in [0.05, 0.1) is 7.11 Å². The van der Waals surface area contributed by atoms with E-state index >= 15 is 0 Å². The minimum absolute atomic E-state index is 0.122. The molecule has 0 spiro atoms. The maximum absolute atomic E-state index is 12.2. The van der Waals surface area contributed by atoms with E-state index < -0.39 is 0 Å². The molecule has 1 amide bonds. The highest BCUT2D eigenvalue weighted by Gasteiger charge is 2.07. The summed E-state index contributed by atoms with van der Waals surface area (Å²) >= 11 is 1.70. The fraction of sp³-hybridized carbons (Fsp3) is 0.400. The third-order valence-corrected chi connectivity index (χ3v) is 4.72. The van der Waals surface area contributed by atoms with E-state index in [0.29, 0.717) is 36.9 Å². The number of ether oxygens (including phenoxy) is 1. The van der Waals surface area contributed by atoms with Gasteiger partial charge in [0.15, 0.2) is 5.96 Å². The number of rotatable bonds is 9. The van der Waals surface area contributed by atoms with E-state index in [1.54, 1.807) is 36.6 Å². The summed E-state index contributed by atoms with van der Waals surface area (Å²) < 4.78 is 5.15. The van der Waals surface area contributed by atoms with Gasteiger partial charge < -0.3 is 20.7 Å². The van der Waals surface area contributed by atoms with Crippen molar-refractivity contribution in [1.82, 2.24) is 16.0 Å². The van der Waals surface area contributed by atoms with Crippen LogP contribution in [0.15, 0.2) is 46.1 Å². The van der Waals surface area contributed by atoms with E-state index in [0.717, 1.165) is 12.5 Å². The van der Waals surface area contributed by atoms with Crippen molar-refractivity contribution in [1.29, 1.82) is 0 Å². The number of carbonyl (C=O) groups excluding carboxylic acids is 1. The zero-order chi connectivity index (χ0) is 19.5. The molecule has 0 aliphatic carbocycles. The van der Waals surface area contributed by atoms with Crippen molar-refractivity contribution in [2.45, 2.75) is 19.8 Å². The van der Waals surface area contributed by atoms with Gasteiger partial charge in [0, 0.05) is 37.7 Å². The molecular formula is C20H28N4O2S. The molecule has 3 N–H and O–H groups in total. The lowest BCUT2D eigenvalue weighted by atomic mass is 10.1. The summed E-state index contributed by atoms with van der Waals surface area (Å²) in [5.74, 6) is 1.68. The number of amides is 1. The molecule has 1 aromatic heterocycles. The Morgan fingerprint density at radius 2 is 2.04 bits per heavy atom. The van der Waals surface area contributed by atoms with Gasteiger partial charge in [-0.1, -0.05) is 13.0 Å². The van der Waals surface area contributed by atoms with Crippen LogP contribution in [0.5, 0.6) is 5.75 Å². The molecule has 1 heterocycles. The van der Waals surface area contributed by atoms with E-state index in [1.165, 1.54) is 5.56 Å². The van der Waals surface area contributed by atoms with E-state index in [2.05, 4.69) is 44.7 Å². The minimum Gasteiger partial charge on any atom is -0.497 e. The highest BCUT2D eigenvalue weighted by Crippen LogP contribution is 2.18. The second kappa shape index (κ2) is 11.2. The van der Waals surface area contributed by atoms with Gasteiger partial charge >= 0.3 is 0 Å². The van der Waals surface area contributed by atoms with Gasteiger partial charge in [-0.15, -0.1) is 0 Å². The first-order chi connectivity index (χ1) is 13.1. The largest absolute Gasteiger partial charge is 0.497 e. The zero-order valence-electron chi connectivity index (χ0n) is 16.1. The minimum atomic E-state index is -0.122. The molecule has 2 rings (SSSR count). The fourth-order valence-corrected chi connectivity index (χ4v) is 3.24. The van der Waals surface area contributed by atoms with Crippen LogP contribution < -0.4 is 20.7 Å². The van der Waals surface area contributed by atoms with Crippen LogP contribution in [0.1, 0.15) is 35.7 Å². The summed E-state index contributed by atoms with van der Waals surface area (Å²) in [5.41, 5.74) is 1.89. The molecule has 7 heteroatoms. The van der Waals surface area contributed by atoms with Crippen LogP contribution in [0.3, 0.4) is 0 Å². The van der Waals surface area contributed by atoms with Gasteiger partial charge in [-0.2, -0.15) is 11.3 Å². The monoisotopic (exact) mass is 388 g/mol. The van der Waals surface area contributed by atoms with Gasteiger partial charge in [-0.05, 0) is 47.5 Å². The maximum Gasteiger partial charge on any atom is 0.251 e. The number of hydrogen-bond acceptors (Lipinski definition) is 4. The lowest BCUT2D eigenvalue weighted by Gasteiger charge is -2.13. The summed E-state index contributed by atoms with van der Waals surface area (Å²) in [7, 11) is 1.59. The molecule has 1 unspecified atom stereocenters. The zero-order valence-corrected chi connectivity index (χ0v) is 16.9. The summed E-state index contributed by atoms with van der Waals surface area (Å²) in [6, 6.07) is 9.24. The number of nitrogens with one attached hydrogen (secondary N) is 3. The van der Waals surface area contributed by atoms with Crippen molar-refractivity contribution in [3.8, 4) is 5.75 Å². The van der Waals surface area contributed by atoms with Crippen molar-refractivity contribution >= 4 is 23.2 Å². The first-order valence-corrected chi connectivity index (χ1v) is 10.0. The molecule has 27 heavy (non-hydrogen) atoms. The summed E-state index contributed by atoms with van der Waals surface area (Å²) in [4.78, 5) is 16.8. The smallest absolute Gasteiger partial charge is 0.251 e. The average molecular weight is 389 g/mol. The van der Waals surface area contributed by atoms with Gasteiger partial charge in [0.1, 0.15) is 5.75 Å². The quantitative estimate of drug-likeness (QED) is 0.351. The normalized spacial score (nSPS) is 12.3. The van der Waals surface area contributed by atoms with Gasteiger partial charge in [0.25, 0.3) is 5.91 Å². The number of methoxy groups -OCH3 is 1. The molecule has 2 aromatic rings. The standard InChI is InChI=1S/C20H28N4O2S/c1-4-21-20(24-13-15(2)17-8-11-27-14-17)23-10-9-22-19(25)16-6-5-7-18(12-16)26-3/h5-8,11-12,14-15H,4,9-10,13H2,1-3H3,(H,22,25)(H2,21,23,24). The molecule has 0 radical (unpaired) electrons. The number of carbonyl (C=O) groups is 1. The van der Waals surface area contributed by atoms with Crippen molar-refractivity contribution in [2.75, 3.05) is 33.3 Å². The molecule has 1 atom stereocenters. The second-order valence-electron chi connectivity index (χ2n) is 6.09. The van der Waals surface area contributed by atoms with Gasteiger partial charge in [-0.25, -0.2) is 0 Å².